The maximum atomic E-state index is 13.0. The Labute approximate surface area is 181 Å². The Kier molecular flexibility index (Phi) is 9.14. The number of rotatable bonds is 7. The molecule has 9 heteroatoms. The summed E-state index contributed by atoms with van der Waals surface area (Å²) in [7, 11) is 0. The molecular formula is C21H27ClFN5O2. The summed E-state index contributed by atoms with van der Waals surface area (Å²) >= 11 is 0. The van der Waals surface area contributed by atoms with Crippen LogP contribution in [0.25, 0.3) is 0 Å². The van der Waals surface area contributed by atoms with Gasteiger partial charge in [0, 0.05) is 32.0 Å². The van der Waals surface area contributed by atoms with E-state index in [2.05, 4.69) is 27.5 Å². The fraction of sp³-hybridized carbons (Fsp3) is 0.429. The van der Waals surface area contributed by atoms with E-state index >= 15 is 0 Å². The summed E-state index contributed by atoms with van der Waals surface area (Å²) in [6.45, 7) is 5.47. The number of amides is 2. The zero-order chi connectivity index (χ0) is 20.6. The second-order valence-corrected chi connectivity index (χ2v) is 7.11. The van der Waals surface area contributed by atoms with Crippen molar-refractivity contribution in [1.82, 2.24) is 25.5 Å². The average molecular weight is 436 g/mol. The molecule has 30 heavy (non-hydrogen) atoms. The quantitative estimate of drug-likeness (QED) is 0.697. The molecule has 1 aromatic heterocycles. The lowest BCUT2D eigenvalue weighted by Gasteiger charge is -2.32. The number of halogens is 2. The summed E-state index contributed by atoms with van der Waals surface area (Å²) in [4.78, 5) is 35.5. The van der Waals surface area contributed by atoms with E-state index in [1.165, 1.54) is 24.5 Å². The maximum absolute atomic E-state index is 13.0. The zero-order valence-corrected chi connectivity index (χ0v) is 17.8. The summed E-state index contributed by atoms with van der Waals surface area (Å²) < 4.78 is 13.0. The van der Waals surface area contributed by atoms with E-state index in [0.717, 1.165) is 31.5 Å². The number of carbonyl (C=O) groups excluding carboxylic acids is 2. The molecule has 0 bridgehead atoms. The third-order valence-corrected chi connectivity index (χ3v) is 5.07. The molecule has 7 nitrogen and oxygen atoms in total. The topological polar surface area (TPSA) is 87.2 Å². The molecule has 2 aromatic rings. The van der Waals surface area contributed by atoms with Crippen molar-refractivity contribution in [2.24, 2.45) is 5.92 Å². The molecule has 0 aliphatic carbocycles. The summed E-state index contributed by atoms with van der Waals surface area (Å²) in [5.74, 6) is -0.532. The number of piperidine rings is 1. The molecule has 1 aliphatic rings. The number of benzene rings is 1. The van der Waals surface area contributed by atoms with Crippen molar-refractivity contribution in [3.63, 3.8) is 0 Å². The Hall–Kier alpha value is -2.58. The van der Waals surface area contributed by atoms with Crippen LogP contribution in [-0.2, 0) is 6.54 Å². The number of likely N-dealkylation sites (tertiary alicyclic amines) is 1. The number of aromatic nitrogens is 2. The summed E-state index contributed by atoms with van der Waals surface area (Å²) in [6, 6.07) is 5.85. The minimum atomic E-state index is -0.479. The predicted octanol–water partition coefficient (Wildman–Crippen LogP) is 2.43. The first-order valence-electron chi connectivity index (χ1n) is 9.92. The minimum absolute atomic E-state index is 0. The number of hydrogen-bond donors (Lipinski definition) is 2. The van der Waals surface area contributed by atoms with Gasteiger partial charge in [0.15, 0.2) is 11.4 Å². The van der Waals surface area contributed by atoms with Gasteiger partial charge in [-0.3, -0.25) is 9.59 Å². The van der Waals surface area contributed by atoms with Gasteiger partial charge in [0.2, 0.25) is 0 Å². The van der Waals surface area contributed by atoms with Gasteiger partial charge in [-0.05, 0) is 49.5 Å². The molecule has 0 spiro atoms. The lowest BCUT2D eigenvalue weighted by Crippen LogP contribution is -2.42. The molecule has 162 valence electrons. The van der Waals surface area contributed by atoms with Crippen LogP contribution in [-0.4, -0.2) is 52.9 Å². The van der Waals surface area contributed by atoms with Gasteiger partial charge in [-0.25, -0.2) is 14.4 Å². The monoisotopic (exact) mass is 435 g/mol. The van der Waals surface area contributed by atoms with Crippen LogP contribution in [0.4, 0.5) is 4.39 Å². The number of nitrogens with one attached hydrogen (secondary N) is 2. The molecule has 2 N–H and O–H groups in total. The molecule has 2 amide bonds. The molecule has 0 saturated carbocycles. The maximum Gasteiger partial charge on any atom is 0.274 e. The van der Waals surface area contributed by atoms with Crippen LogP contribution in [0.1, 0.15) is 46.3 Å². The van der Waals surface area contributed by atoms with Gasteiger partial charge in [0.1, 0.15) is 5.82 Å². The van der Waals surface area contributed by atoms with Gasteiger partial charge in [-0.1, -0.05) is 19.1 Å². The van der Waals surface area contributed by atoms with Crippen LogP contribution in [0.5, 0.6) is 0 Å². The largest absolute Gasteiger partial charge is 0.347 e. The molecule has 0 atom stereocenters. The number of nitrogens with zero attached hydrogens (tertiary/aromatic N) is 3. The highest BCUT2D eigenvalue weighted by atomic mass is 35.5. The van der Waals surface area contributed by atoms with Gasteiger partial charge in [-0.15, -0.1) is 12.4 Å². The third-order valence-electron chi connectivity index (χ3n) is 5.07. The average Bonchev–Trinajstić information content (AvgIpc) is 2.77. The summed E-state index contributed by atoms with van der Waals surface area (Å²) in [5.41, 5.74) is 0.822. The Balaban J connectivity index is 0.00000320. The van der Waals surface area contributed by atoms with Crippen LogP contribution in [0.15, 0.2) is 36.7 Å². The van der Waals surface area contributed by atoms with Crippen molar-refractivity contribution < 1.29 is 14.0 Å². The Morgan fingerprint density at radius 2 is 1.73 bits per heavy atom. The van der Waals surface area contributed by atoms with Gasteiger partial charge >= 0.3 is 0 Å². The molecule has 1 saturated heterocycles. The van der Waals surface area contributed by atoms with E-state index in [-0.39, 0.29) is 42.1 Å². The van der Waals surface area contributed by atoms with Gasteiger partial charge in [-0.2, -0.15) is 0 Å². The lowest BCUT2D eigenvalue weighted by molar-refractivity contribution is 0.0678. The lowest BCUT2D eigenvalue weighted by atomic mass is 9.96. The summed E-state index contributed by atoms with van der Waals surface area (Å²) in [6.07, 6.45) is 4.66. The first kappa shape index (κ1) is 23.7. The first-order chi connectivity index (χ1) is 14.1. The molecule has 1 aliphatic heterocycles. The zero-order valence-electron chi connectivity index (χ0n) is 16.9. The molecule has 2 heterocycles. The van der Waals surface area contributed by atoms with Gasteiger partial charge in [0.05, 0.1) is 0 Å². The van der Waals surface area contributed by atoms with E-state index in [1.54, 1.807) is 17.0 Å². The van der Waals surface area contributed by atoms with Crippen molar-refractivity contribution in [1.29, 1.82) is 0 Å². The Bertz CT molecular complexity index is 842. The highest BCUT2D eigenvalue weighted by molar-refractivity contribution is 6.04. The van der Waals surface area contributed by atoms with Crippen molar-refractivity contribution in [2.75, 3.05) is 26.2 Å². The molecule has 1 aromatic carbocycles. The Morgan fingerprint density at radius 3 is 2.37 bits per heavy atom. The second kappa shape index (κ2) is 11.6. The van der Waals surface area contributed by atoms with Gasteiger partial charge < -0.3 is 15.5 Å². The molecular weight excluding hydrogens is 409 g/mol. The van der Waals surface area contributed by atoms with Crippen molar-refractivity contribution in [3.05, 3.63) is 59.4 Å². The highest BCUT2D eigenvalue weighted by Crippen LogP contribution is 2.19. The smallest absolute Gasteiger partial charge is 0.274 e. The van der Waals surface area contributed by atoms with Crippen LogP contribution >= 0.6 is 12.4 Å². The van der Waals surface area contributed by atoms with Crippen molar-refractivity contribution in [2.45, 2.75) is 26.3 Å². The second-order valence-electron chi connectivity index (χ2n) is 7.11. The van der Waals surface area contributed by atoms with E-state index in [9.17, 15) is 14.0 Å². The molecule has 0 unspecified atom stereocenters. The first-order valence-corrected chi connectivity index (χ1v) is 9.92. The highest BCUT2D eigenvalue weighted by Gasteiger charge is 2.28. The van der Waals surface area contributed by atoms with Crippen molar-refractivity contribution >= 4 is 24.2 Å². The number of hydrogen-bond acceptors (Lipinski definition) is 5. The van der Waals surface area contributed by atoms with Crippen LogP contribution < -0.4 is 10.6 Å². The van der Waals surface area contributed by atoms with Crippen LogP contribution in [0, 0.1) is 11.7 Å². The van der Waals surface area contributed by atoms with E-state index in [1.807, 2.05) is 0 Å². The number of carbonyl (C=O) groups is 2. The third kappa shape index (κ3) is 6.21. The molecule has 3 rings (SSSR count). The standard InChI is InChI=1S/C21H26FN5O2.ClH/c1-2-23-13-16-7-11-27(12-8-16)21(29)19-18(24-9-10-25-19)20(28)26-14-15-3-5-17(22)6-4-15;/h3-6,9-10,16,23H,2,7-8,11-14H2,1H3,(H,26,28);1H. The van der Waals surface area contributed by atoms with Crippen LogP contribution in [0.2, 0.25) is 0 Å². The van der Waals surface area contributed by atoms with Crippen LogP contribution in [0.3, 0.4) is 0 Å². The van der Waals surface area contributed by atoms with E-state index in [0.29, 0.717) is 19.0 Å². The Morgan fingerprint density at radius 1 is 1.10 bits per heavy atom. The fourth-order valence-electron chi connectivity index (χ4n) is 3.37. The van der Waals surface area contributed by atoms with E-state index in [4.69, 9.17) is 0 Å². The van der Waals surface area contributed by atoms with E-state index < -0.39 is 5.91 Å². The van der Waals surface area contributed by atoms with Gasteiger partial charge in [0.25, 0.3) is 11.8 Å². The predicted molar refractivity (Wildman–Crippen MR) is 114 cm³/mol. The normalized spacial score (nSPS) is 14.1. The molecule has 1 fully saturated rings. The minimum Gasteiger partial charge on any atom is -0.347 e. The molecule has 0 radical (unpaired) electrons. The fourth-order valence-corrected chi connectivity index (χ4v) is 3.37. The SMILES string of the molecule is CCNCC1CCN(C(=O)c2nccnc2C(=O)NCc2ccc(F)cc2)CC1.Cl. The van der Waals surface area contributed by atoms with Crippen molar-refractivity contribution in [3.8, 4) is 0 Å². The summed E-state index contributed by atoms with van der Waals surface area (Å²) in [5, 5.41) is 6.07.